The molecule has 79 heavy (non-hydrogen) atoms. The van der Waals surface area contributed by atoms with Crippen molar-refractivity contribution in [2.45, 2.75) is 32.1 Å². The van der Waals surface area contributed by atoms with Crippen molar-refractivity contribution in [2.24, 2.45) is 0 Å². The Balaban J connectivity index is 0.851. The molecule has 1 aliphatic carbocycles. The first-order valence-corrected chi connectivity index (χ1v) is 27.8. The summed E-state index contributed by atoms with van der Waals surface area (Å²) in [4.78, 5) is 2.47. The van der Waals surface area contributed by atoms with Crippen LogP contribution in [-0.2, 0) is 18.3 Å². The number of hydrogen-bond acceptors (Lipinski definition) is 1. The fourth-order valence-electron chi connectivity index (χ4n) is 12.7. The summed E-state index contributed by atoms with van der Waals surface area (Å²) in [6.45, 7) is 4.47. The van der Waals surface area contributed by atoms with Crippen LogP contribution in [-0.4, -0.2) is 4.57 Å². The Bertz CT molecular complexity index is 4240. The minimum Gasteiger partial charge on any atom is -0.310 e. The van der Waals surface area contributed by atoms with Crippen LogP contribution in [0.15, 0.2) is 291 Å². The number of para-hydroxylation sites is 1. The lowest BCUT2D eigenvalue weighted by molar-refractivity contribution is 0.768. The minimum absolute atomic E-state index is 0.540. The van der Waals surface area contributed by atoms with Gasteiger partial charge < -0.3 is 9.47 Å². The van der Waals surface area contributed by atoms with Gasteiger partial charge in [-0.2, -0.15) is 0 Å². The van der Waals surface area contributed by atoms with E-state index in [2.05, 4.69) is 315 Å². The minimum atomic E-state index is -0.540. The number of fused-ring (bicyclic) bond motifs is 6. The van der Waals surface area contributed by atoms with Crippen molar-refractivity contribution in [1.82, 2.24) is 4.57 Å². The Hall–Kier alpha value is -9.76. The van der Waals surface area contributed by atoms with E-state index >= 15 is 0 Å². The molecule has 376 valence electrons. The summed E-state index contributed by atoms with van der Waals surface area (Å²) in [6, 6.07) is 108. The van der Waals surface area contributed by atoms with Gasteiger partial charge in [0.25, 0.3) is 0 Å². The zero-order chi connectivity index (χ0) is 52.9. The lowest BCUT2D eigenvalue weighted by Crippen LogP contribution is -2.28. The van der Waals surface area contributed by atoms with Crippen molar-refractivity contribution in [3.05, 3.63) is 325 Å². The van der Waals surface area contributed by atoms with Crippen LogP contribution < -0.4 is 4.90 Å². The molecule has 12 aromatic carbocycles. The summed E-state index contributed by atoms with van der Waals surface area (Å²) in [5.74, 6) is 0. The highest BCUT2D eigenvalue weighted by Crippen LogP contribution is 2.57. The van der Waals surface area contributed by atoms with E-state index in [4.69, 9.17) is 0 Å². The summed E-state index contributed by atoms with van der Waals surface area (Å²) in [5.41, 5.74) is 26.1. The van der Waals surface area contributed by atoms with Crippen LogP contribution in [0, 0.1) is 0 Å². The van der Waals surface area contributed by atoms with Crippen molar-refractivity contribution in [2.75, 3.05) is 4.90 Å². The summed E-state index contributed by atoms with van der Waals surface area (Å²) < 4.78 is 2.43. The molecule has 2 heteroatoms. The van der Waals surface area contributed by atoms with Gasteiger partial charge in [0.05, 0.1) is 22.1 Å². The van der Waals surface area contributed by atoms with Crippen molar-refractivity contribution in [1.29, 1.82) is 0 Å². The normalized spacial score (nSPS) is 12.4. The Morgan fingerprint density at radius 1 is 0.316 bits per heavy atom. The molecule has 0 bridgehead atoms. The van der Waals surface area contributed by atoms with Crippen molar-refractivity contribution in [3.8, 4) is 61.3 Å². The van der Waals surface area contributed by atoms with Crippen LogP contribution >= 0.6 is 0 Å². The second-order valence-electron chi connectivity index (χ2n) is 21.0. The third-order valence-corrected chi connectivity index (χ3v) is 16.6. The molecule has 13 aromatic rings. The van der Waals surface area contributed by atoms with Crippen LogP contribution in [0.3, 0.4) is 0 Å². The van der Waals surface area contributed by atoms with Crippen LogP contribution in [0.25, 0.3) is 83.1 Å². The highest BCUT2D eigenvalue weighted by atomic mass is 15.1. The van der Waals surface area contributed by atoms with Crippen LogP contribution in [0.2, 0.25) is 0 Å². The molecule has 0 N–H and O–H groups in total. The van der Waals surface area contributed by atoms with Gasteiger partial charge in [0.15, 0.2) is 0 Å². The molecule has 0 saturated carbocycles. The fourth-order valence-corrected chi connectivity index (χ4v) is 12.7. The van der Waals surface area contributed by atoms with Gasteiger partial charge >= 0.3 is 0 Å². The number of aromatic nitrogens is 1. The molecule has 0 amide bonds. The monoisotopic (exact) mass is 1010 g/mol. The number of nitrogens with zero attached hydrogens (tertiary/aromatic N) is 2. The number of benzene rings is 12. The van der Waals surface area contributed by atoms with Gasteiger partial charge in [0, 0.05) is 33.4 Å². The van der Waals surface area contributed by atoms with Gasteiger partial charge in [0.2, 0.25) is 0 Å². The standard InChI is InChI=1S/C77H58N2/c1-3-53-31-47-75-70(49-53)71-50-54(4-2)32-48-76(71)79(75)65-43-39-59(40-44-65)57-35-33-56(34-36-57)58-37-41-64(42-38-58)78(74-30-17-15-27-67(74)61-22-18-21-60(51-61)55-19-8-5-9-20-55)66-45-46-69-68-28-14-16-29-72(68)77(73(69)52-66,62-23-10-6-11-24-62)63-25-12-7-13-26-63/h5-52H,3-4H2,1-2H3. The molecule has 1 heterocycles. The van der Waals surface area contributed by atoms with Crippen LogP contribution in [0.1, 0.15) is 47.2 Å². The highest BCUT2D eigenvalue weighted by molar-refractivity contribution is 6.10. The Morgan fingerprint density at radius 3 is 1.37 bits per heavy atom. The molecule has 2 nitrogen and oxygen atoms in total. The largest absolute Gasteiger partial charge is 0.310 e. The van der Waals surface area contributed by atoms with Crippen LogP contribution in [0.4, 0.5) is 17.1 Å². The number of rotatable bonds is 12. The molecule has 0 aliphatic heterocycles. The van der Waals surface area contributed by atoms with Gasteiger partial charge in [-0.1, -0.05) is 232 Å². The first kappa shape index (κ1) is 47.7. The van der Waals surface area contributed by atoms with E-state index in [0.717, 1.165) is 46.6 Å². The average molecular weight is 1010 g/mol. The third kappa shape index (κ3) is 8.19. The van der Waals surface area contributed by atoms with Crippen molar-refractivity contribution < 1.29 is 0 Å². The smallest absolute Gasteiger partial charge is 0.0714 e. The summed E-state index contributed by atoms with van der Waals surface area (Å²) >= 11 is 0. The second-order valence-corrected chi connectivity index (χ2v) is 21.0. The SMILES string of the molecule is CCc1ccc2c(c1)c1cc(CC)ccc1n2-c1ccc(-c2ccc(-c3ccc(N(c4ccc5c(c4)C(c4ccccc4)(c4ccccc4)c4ccccc4-5)c4ccccc4-c4cccc(-c5ccccc5)c4)cc3)cc2)cc1. The molecule has 0 radical (unpaired) electrons. The number of anilines is 3. The van der Waals surface area contributed by atoms with Gasteiger partial charge in [-0.3, -0.25) is 0 Å². The van der Waals surface area contributed by atoms with E-state index in [1.165, 1.54) is 99.8 Å². The molecule has 0 atom stereocenters. The van der Waals surface area contributed by atoms with E-state index in [0.29, 0.717) is 0 Å². The maximum absolute atomic E-state index is 2.47. The molecule has 0 spiro atoms. The fraction of sp³-hybridized carbons (Fsp3) is 0.0649. The number of hydrogen-bond donors (Lipinski definition) is 0. The highest BCUT2D eigenvalue weighted by Gasteiger charge is 2.46. The van der Waals surface area contributed by atoms with Gasteiger partial charge in [-0.25, -0.2) is 0 Å². The summed E-state index contributed by atoms with van der Waals surface area (Å²) in [6.07, 6.45) is 2.04. The van der Waals surface area contributed by atoms with E-state index in [-0.39, 0.29) is 0 Å². The Labute approximate surface area is 463 Å². The third-order valence-electron chi connectivity index (χ3n) is 16.6. The molecule has 1 aromatic heterocycles. The Kier molecular flexibility index (Phi) is 12.1. The zero-order valence-electron chi connectivity index (χ0n) is 44.5. The van der Waals surface area contributed by atoms with E-state index in [1.807, 2.05) is 0 Å². The Morgan fingerprint density at radius 2 is 0.772 bits per heavy atom. The predicted molar refractivity (Wildman–Crippen MR) is 333 cm³/mol. The molecular weight excluding hydrogens is 953 g/mol. The zero-order valence-corrected chi connectivity index (χ0v) is 44.5. The van der Waals surface area contributed by atoms with Crippen LogP contribution in [0.5, 0.6) is 0 Å². The van der Waals surface area contributed by atoms with E-state index in [9.17, 15) is 0 Å². The maximum Gasteiger partial charge on any atom is 0.0714 e. The molecule has 1 aliphatic rings. The predicted octanol–water partition coefficient (Wildman–Crippen LogP) is 20.4. The molecule has 14 rings (SSSR count). The molecule has 0 saturated heterocycles. The first-order chi connectivity index (χ1) is 39.1. The molecular formula is C77H58N2. The first-order valence-electron chi connectivity index (χ1n) is 27.8. The lowest BCUT2D eigenvalue weighted by Gasteiger charge is -2.35. The average Bonchev–Trinajstić information content (AvgIpc) is 3.83. The van der Waals surface area contributed by atoms with Crippen molar-refractivity contribution >= 4 is 38.9 Å². The van der Waals surface area contributed by atoms with Gasteiger partial charge in [-0.05, 0) is 169 Å². The second kappa shape index (κ2) is 20.0. The van der Waals surface area contributed by atoms with E-state index in [1.54, 1.807) is 0 Å². The topological polar surface area (TPSA) is 8.17 Å². The quantitative estimate of drug-likeness (QED) is 0.118. The van der Waals surface area contributed by atoms with Crippen molar-refractivity contribution in [3.63, 3.8) is 0 Å². The molecule has 0 unspecified atom stereocenters. The lowest BCUT2D eigenvalue weighted by atomic mass is 9.67. The van der Waals surface area contributed by atoms with E-state index < -0.39 is 5.41 Å². The number of aryl methyl sites for hydroxylation is 2. The summed E-state index contributed by atoms with van der Waals surface area (Å²) in [7, 11) is 0. The maximum atomic E-state index is 2.47. The molecule has 0 fully saturated rings. The van der Waals surface area contributed by atoms with Gasteiger partial charge in [-0.15, -0.1) is 0 Å². The summed E-state index contributed by atoms with van der Waals surface area (Å²) in [5, 5.41) is 2.64. The van der Waals surface area contributed by atoms with Gasteiger partial charge in [0.1, 0.15) is 0 Å².